The molecule has 0 aliphatic carbocycles. The fraction of sp³-hybridized carbons (Fsp3) is 0.947. The molecular weight excluding hydrogens is 367 g/mol. The molecule has 7 nitrogen and oxygen atoms in total. The Morgan fingerprint density at radius 1 is 0.815 bits per heavy atom. The van der Waals surface area contributed by atoms with Crippen LogP contribution in [0.4, 0.5) is 0 Å². The van der Waals surface area contributed by atoms with Crippen LogP contribution in [0.25, 0.3) is 0 Å². The first-order valence-corrected chi connectivity index (χ1v) is 12.3. The van der Waals surface area contributed by atoms with E-state index in [9.17, 15) is 9.36 Å². The van der Waals surface area contributed by atoms with E-state index in [-0.39, 0.29) is 0 Å². The Morgan fingerprint density at radius 2 is 1.15 bits per heavy atom. The third kappa shape index (κ3) is 20.1. The lowest BCUT2D eigenvalue weighted by Gasteiger charge is -2.39. The maximum Gasteiger partial charge on any atom is 0.339 e. The third-order valence-electron chi connectivity index (χ3n) is 4.54. The van der Waals surface area contributed by atoms with Crippen molar-refractivity contribution in [1.29, 1.82) is 0 Å². The number of quaternary nitrogens is 1. The van der Waals surface area contributed by atoms with Gasteiger partial charge in [0.05, 0.1) is 39.0 Å². The van der Waals surface area contributed by atoms with Crippen LogP contribution in [-0.4, -0.2) is 64.4 Å². The predicted octanol–water partition coefficient (Wildman–Crippen LogP) is 3.80. The van der Waals surface area contributed by atoms with E-state index in [2.05, 4.69) is 33.0 Å². The summed E-state index contributed by atoms with van der Waals surface area (Å²) in [5.74, 6) is -1.14. The van der Waals surface area contributed by atoms with Crippen LogP contribution < -0.4 is 5.32 Å². The fourth-order valence-corrected chi connectivity index (χ4v) is 3.36. The van der Waals surface area contributed by atoms with E-state index in [0.717, 1.165) is 0 Å². The summed E-state index contributed by atoms with van der Waals surface area (Å²) in [4.78, 5) is 26.1. The first kappa shape index (κ1) is 28.7. The molecule has 164 valence electrons. The molecule has 0 fully saturated rings. The van der Waals surface area contributed by atoms with Crippen LogP contribution in [0.2, 0.25) is 0 Å². The van der Waals surface area contributed by atoms with Gasteiger partial charge in [-0.3, -0.25) is 14.7 Å². The number of rotatable bonds is 16. The molecule has 0 heterocycles. The number of nitrogens with one attached hydrogen (secondary N) is 1. The molecule has 0 aromatic carbocycles. The maximum atomic E-state index is 10.1. The molecule has 0 saturated carbocycles. The Hall–Kier alpha value is -0.460. The Bertz CT molecular complexity index is 364. The molecule has 0 amide bonds. The second-order valence-corrected chi connectivity index (χ2v) is 8.94. The van der Waals surface area contributed by atoms with E-state index >= 15 is 0 Å². The van der Waals surface area contributed by atoms with Gasteiger partial charge in [0, 0.05) is 0 Å². The first-order chi connectivity index (χ1) is 12.7. The van der Waals surface area contributed by atoms with Crippen LogP contribution in [0.15, 0.2) is 0 Å². The van der Waals surface area contributed by atoms with Crippen molar-refractivity contribution >= 4 is 13.6 Å². The van der Waals surface area contributed by atoms with Gasteiger partial charge in [-0.25, -0.2) is 0 Å². The summed E-state index contributed by atoms with van der Waals surface area (Å²) in [5, 5.41) is 10.1. The number of unbranched alkanes of at least 4 members (excludes halogenated alkanes) is 4. The second-order valence-electron chi connectivity index (χ2n) is 7.29. The molecule has 0 aliphatic rings. The minimum absolute atomic E-state index is 0.439. The molecular formula is C19H44N2O5P+. The lowest BCUT2D eigenvalue weighted by Crippen LogP contribution is -2.50. The summed E-state index contributed by atoms with van der Waals surface area (Å²) < 4.78 is 11.5. The second kappa shape index (κ2) is 17.6. The van der Waals surface area contributed by atoms with Crippen molar-refractivity contribution in [3.8, 4) is 0 Å². The smallest absolute Gasteiger partial charge is 0.339 e. The molecule has 27 heavy (non-hydrogen) atoms. The summed E-state index contributed by atoms with van der Waals surface area (Å²) in [7, 11) is -4.10. The molecule has 0 atom stereocenters. The number of nitrogens with zero attached hydrogens (tertiary/aromatic N) is 1. The average molecular weight is 412 g/mol. The maximum absolute atomic E-state index is 10.1. The van der Waals surface area contributed by atoms with E-state index in [1.807, 2.05) is 0 Å². The highest BCUT2D eigenvalue weighted by atomic mass is 31.2. The molecule has 0 aromatic heterocycles. The van der Waals surface area contributed by atoms with Gasteiger partial charge in [-0.15, -0.1) is 0 Å². The zero-order valence-corrected chi connectivity index (χ0v) is 18.8. The molecule has 0 spiro atoms. The minimum Gasteiger partial charge on any atom is -0.480 e. The summed E-state index contributed by atoms with van der Waals surface area (Å²) in [6.07, 6.45) is 10.5. The SMILES string of the molecule is CCCC[N+](CCCC)(CCCC)CCCC.O=C(O)CNCP(=O)(O)O. The molecule has 8 heteroatoms. The van der Waals surface area contributed by atoms with Crippen LogP contribution in [0.5, 0.6) is 0 Å². The highest BCUT2D eigenvalue weighted by Crippen LogP contribution is 2.31. The van der Waals surface area contributed by atoms with Crippen LogP contribution in [0.3, 0.4) is 0 Å². The zero-order chi connectivity index (χ0) is 21.2. The molecule has 0 rings (SSSR count). The van der Waals surface area contributed by atoms with Crippen LogP contribution in [-0.2, 0) is 9.36 Å². The van der Waals surface area contributed by atoms with Gasteiger partial charge in [-0.05, 0) is 25.7 Å². The van der Waals surface area contributed by atoms with Gasteiger partial charge in [0.2, 0.25) is 0 Å². The minimum atomic E-state index is -4.10. The Balaban J connectivity index is 0. The standard InChI is InChI=1S/C16H36N.C3H8NO5P/c1-5-9-13-17(14-10-6-2,15-11-7-3)16-12-8-4;5-3(6)1-4-2-10(7,8)9/h5-16H2,1-4H3;4H,1-2H2,(H,5,6)(H2,7,8,9)/q+1;. The third-order valence-corrected chi connectivity index (χ3v) is 5.17. The van der Waals surface area contributed by atoms with E-state index in [1.54, 1.807) is 0 Å². The van der Waals surface area contributed by atoms with Crippen molar-refractivity contribution in [2.24, 2.45) is 0 Å². The number of hydrogen-bond donors (Lipinski definition) is 4. The fourth-order valence-electron chi connectivity index (χ4n) is 2.95. The van der Waals surface area contributed by atoms with Crippen molar-refractivity contribution in [1.82, 2.24) is 5.32 Å². The average Bonchev–Trinajstić information content (AvgIpc) is 2.59. The van der Waals surface area contributed by atoms with E-state index in [4.69, 9.17) is 14.9 Å². The molecule has 0 aromatic rings. The van der Waals surface area contributed by atoms with Crippen molar-refractivity contribution in [3.05, 3.63) is 0 Å². The molecule has 0 bridgehead atoms. The van der Waals surface area contributed by atoms with Gasteiger partial charge in [0.25, 0.3) is 0 Å². The number of aliphatic carboxylic acids is 1. The van der Waals surface area contributed by atoms with Gasteiger partial charge in [0.1, 0.15) is 0 Å². The lowest BCUT2D eigenvalue weighted by molar-refractivity contribution is -0.929. The van der Waals surface area contributed by atoms with Crippen molar-refractivity contribution in [2.45, 2.75) is 79.1 Å². The molecule has 0 saturated heterocycles. The highest BCUT2D eigenvalue weighted by molar-refractivity contribution is 7.51. The molecule has 0 radical (unpaired) electrons. The quantitative estimate of drug-likeness (QED) is 0.227. The number of carboxylic acid groups (broad SMARTS) is 1. The summed E-state index contributed by atoms with van der Waals surface area (Å²) >= 11 is 0. The lowest BCUT2D eigenvalue weighted by atomic mass is 10.1. The van der Waals surface area contributed by atoms with Gasteiger partial charge < -0.3 is 19.4 Å². The highest BCUT2D eigenvalue weighted by Gasteiger charge is 2.24. The largest absolute Gasteiger partial charge is 0.480 e. The van der Waals surface area contributed by atoms with Crippen molar-refractivity contribution < 1.29 is 28.7 Å². The molecule has 0 unspecified atom stereocenters. The summed E-state index contributed by atoms with van der Waals surface area (Å²) in [6, 6.07) is 0. The van der Waals surface area contributed by atoms with Crippen molar-refractivity contribution in [3.63, 3.8) is 0 Å². The van der Waals surface area contributed by atoms with E-state index in [0.29, 0.717) is 0 Å². The number of carbonyl (C=O) groups is 1. The van der Waals surface area contributed by atoms with Gasteiger partial charge in [-0.2, -0.15) is 0 Å². The predicted molar refractivity (Wildman–Crippen MR) is 112 cm³/mol. The molecule has 0 aliphatic heterocycles. The number of carboxylic acids is 1. The summed E-state index contributed by atoms with van der Waals surface area (Å²) in [5.41, 5.74) is 0. The normalized spacial score (nSPS) is 11.8. The Kier molecular flexibility index (Phi) is 18.8. The topological polar surface area (TPSA) is 107 Å². The van der Waals surface area contributed by atoms with E-state index in [1.165, 1.54) is 82.0 Å². The number of hydrogen-bond acceptors (Lipinski definition) is 3. The van der Waals surface area contributed by atoms with Gasteiger partial charge >= 0.3 is 13.6 Å². The van der Waals surface area contributed by atoms with Crippen LogP contribution in [0.1, 0.15) is 79.1 Å². The summed E-state index contributed by atoms with van der Waals surface area (Å²) in [6.45, 7) is 14.6. The Labute approximate surface area is 166 Å². The van der Waals surface area contributed by atoms with Gasteiger partial charge in [0.15, 0.2) is 0 Å². The zero-order valence-electron chi connectivity index (χ0n) is 18.0. The molecule has 4 N–H and O–H groups in total. The van der Waals surface area contributed by atoms with Gasteiger partial charge in [-0.1, -0.05) is 53.4 Å². The van der Waals surface area contributed by atoms with Crippen LogP contribution in [0, 0.1) is 0 Å². The van der Waals surface area contributed by atoms with Crippen LogP contribution >= 0.6 is 7.60 Å². The van der Waals surface area contributed by atoms with Crippen molar-refractivity contribution in [2.75, 3.05) is 39.0 Å². The monoisotopic (exact) mass is 411 g/mol. The van der Waals surface area contributed by atoms with E-state index < -0.39 is 26.4 Å². The first-order valence-electron chi connectivity index (χ1n) is 10.5. The Morgan fingerprint density at radius 3 is 1.37 bits per heavy atom.